The Balaban J connectivity index is 1.03. The van der Waals surface area contributed by atoms with Crippen molar-refractivity contribution in [3.05, 3.63) is 162 Å². The summed E-state index contributed by atoms with van der Waals surface area (Å²) in [5, 5.41) is 0. The fourth-order valence-electron chi connectivity index (χ4n) is 13.0. The molecule has 0 radical (unpaired) electrons. The van der Waals surface area contributed by atoms with E-state index in [0.717, 1.165) is 47.9 Å². The summed E-state index contributed by atoms with van der Waals surface area (Å²) >= 11 is 0. The summed E-state index contributed by atoms with van der Waals surface area (Å²) < 4.78 is 39.9. The molecule has 0 spiro atoms. The van der Waals surface area contributed by atoms with E-state index in [-0.39, 0.29) is 29.8 Å². The molecule has 0 saturated heterocycles. The van der Waals surface area contributed by atoms with Gasteiger partial charge in [0.25, 0.3) is 0 Å². The van der Waals surface area contributed by atoms with E-state index in [0.29, 0.717) is 35.2 Å². The van der Waals surface area contributed by atoms with E-state index < -0.39 is 15.2 Å². The quantitative estimate of drug-likeness (QED) is 0.175. The monoisotopic (exact) mass is 736 g/mol. The average molecular weight is 737 g/mol. The Labute approximate surface area is 308 Å². The Morgan fingerprint density at radius 2 is 0.774 bits per heavy atom. The van der Waals surface area contributed by atoms with Crippen molar-refractivity contribution >= 4 is 15.2 Å². The molecule has 264 valence electrons. The van der Waals surface area contributed by atoms with Crippen LogP contribution in [0.1, 0.15) is 169 Å². The smallest absolute Gasteiger partial charge is 0.376 e. The maximum absolute atomic E-state index is 13.7. The van der Waals surface area contributed by atoms with Gasteiger partial charge in [0.05, 0.1) is 6.16 Å². The molecule has 0 aromatic heterocycles. The largest absolute Gasteiger partial charge is 0.424 e. The van der Waals surface area contributed by atoms with Crippen LogP contribution in [0.15, 0.2) is 72.8 Å². The summed E-state index contributed by atoms with van der Waals surface area (Å²) in [5.41, 5.74) is 20.1. The van der Waals surface area contributed by atoms with Gasteiger partial charge < -0.3 is 18.8 Å². The molecule has 0 aliphatic heterocycles. The molecule has 0 fully saturated rings. The van der Waals surface area contributed by atoms with Crippen LogP contribution in [-0.4, -0.2) is 22.6 Å². The zero-order valence-electron chi connectivity index (χ0n) is 29.5. The van der Waals surface area contributed by atoms with Gasteiger partial charge in [-0.05, 0) is 92.4 Å². The van der Waals surface area contributed by atoms with Gasteiger partial charge in [-0.15, -0.1) is 0 Å². The molecule has 5 aromatic carbocycles. The van der Waals surface area contributed by atoms with E-state index >= 15 is 0 Å². The number of hydrogen-bond donors (Lipinski definition) is 2. The van der Waals surface area contributed by atoms with Crippen LogP contribution in [0, 0.1) is 0 Å². The first-order valence-electron chi connectivity index (χ1n) is 19.4. The van der Waals surface area contributed by atoms with E-state index in [4.69, 9.17) is 9.05 Å². The zero-order chi connectivity index (χ0) is 35.4. The van der Waals surface area contributed by atoms with Crippen LogP contribution in [0.3, 0.4) is 0 Å². The van der Waals surface area contributed by atoms with Crippen LogP contribution in [-0.2, 0) is 9.13 Å². The van der Waals surface area contributed by atoms with E-state index in [1.54, 1.807) is 6.92 Å². The highest BCUT2D eigenvalue weighted by Gasteiger charge is 2.56. The minimum Gasteiger partial charge on any atom is -0.424 e. The minimum atomic E-state index is -3.99. The molecule has 0 heterocycles. The van der Waals surface area contributed by atoms with Crippen molar-refractivity contribution in [3.63, 3.8) is 0 Å². The van der Waals surface area contributed by atoms with Gasteiger partial charge in [-0.2, -0.15) is 0 Å². The van der Waals surface area contributed by atoms with Crippen molar-refractivity contribution in [2.24, 2.45) is 0 Å². The molecule has 13 rings (SSSR count). The highest BCUT2D eigenvalue weighted by atomic mass is 31.2. The van der Waals surface area contributed by atoms with Crippen LogP contribution in [0.2, 0.25) is 0 Å². The lowest BCUT2D eigenvalue weighted by Gasteiger charge is -2.33. The van der Waals surface area contributed by atoms with Gasteiger partial charge >= 0.3 is 15.2 Å². The first-order chi connectivity index (χ1) is 25.6. The third kappa shape index (κ3) is 3.66. The fourth-order valence-corrected chi connectivity index (χ4v) is 14.2. The standard InChI is InChI=1S/C45H38O6P2/c1-3-53(48,49)51-45-42-38-18-36(32-14-28-24-12-26(30(28)16-34(32)38)22-10-6-4-8-20(22)24)40(42)44(50-52(2,46)47)41-37-19-39(43(41)45)35-17-31-27-13-25(29(31)15-33(35)37)21-9-5-7-11-23(21)27/h4-11,14-17,24-27,36-39H,3,12-13,18-19H2,1-2H3,(H,46,47)(H,48,49)/t24-,25+,26+,27-,36-,37+,38+,39-. The Bertz CT molecular complexity index is 2530. The van der Waals surface area contributed by atoms with Gasteiger partial charge in [0.15, 0.2) is 0 Å². The van der Waals surface area contributed by atoms with Crippen LogP contribution >= 0.6 is 15.2 Å². The van der Waals surface area contributed by atoms with Crippen LogP contribution < -0.4 is 9.05 Å². The second-order valence-corrected chi connectivity index (χ2v) is 21.0. The maximum Gasteiger partial charge on any atom is 0.376 e. The molecule has 2 N–H and O–H groups in total. The van der Waals surface area contributed by atoms with Gasteiger partial charge in [-0.1, -0.05) is 79.7 Å². The molecule has 0 saturated carbocycles. The lowest BCUT2D eigenvalue weighted by molar-refractivity contribution is 0.372. The van der Waals surface area contributed by atoms with Crippen molar-refractivity contribution in [3.8, 4) is 11.5 Å². The number of fused-ring (bicyclic) bond motifs is 32. The molecule has 8 aliphatic rings. The minimum absolute atomic E-state index is 0.00304. The molecule has 0 amide bonds. The Hall–Kier alpha value is -3.92. The van der Waals surface area contributed by atoms with Crippen LogP contribution in [0.4, 0.5) is 0 Å². The van der Waals surface area contributed by atoms with Crippen molar-refractivity contribution < 1.29 is 28.0 Å². The van der Waals surface area contributed by atoms with Crippen molar-refractivity contribution in [2.75, 3.05) is 12.8 Å². The third-order valence-corrected chi connectivity index (χ3v) is 16.6. The second kappa shape index (κ2) is 9.65. The average Bonchev–Trinajstić information content (AvgIpc) is 4.02. The van der Waals surface area contributed by atoms with Crippen LogP contribution in [0.25, 0.3) is 0 Å². The molecular weight excluding hydrogens is 698 g/mol. The molecule has 10 atom stereocenters. The van der Waals surface area contributed by atoms with E-state index in [1.165, 1.54) is 73.4 Å². The van der Waals surface area contributed by atoms with E-state index in [2.05, 4.69) is 72.8 Å². The van der Waals surface area contributed by atoms with Gasteiger partial charge in [0.2, 0.25) is 0 Å². The molecule has 5 aromatic rings. The summed E-state index contributed by atoms with van der Waals surface area (Å²) in [6.45, 7) is 2.98. The normalized spacial score (nSPS) is 30.5. The SMILES string of the molecule is CCP(=O)(O)Oc1c2c(c(OP(C)(=O)O)c3c1[C@H]1C[C@@H]3c3cc4c(cc31)[C@H]1C[C@@H]4c3ccccc31)[C@H]1C[C@@H]2c2cc3c(cc21)[C@H]1C[C@@H]3c2ccccc21. The summed E-state index contributed by atoms with van der Waals surface area (Å²) in [5.74, 6) is 2.41. The number of rotatable bonds is 5. The first kappa shape index (κ1) is 30.4. The maximum atomic E-state index is 13.7. The van der Waals surface area contributed by atoms with Crippen molar-refractivity contribution in [1.82, 2.24) is 0 Å². The van der Waals surface area contributed by atoms with Gasteiger partial charge in [-0.25, -0.2) is 9.13 Å². The molecule has 6 nitrogen and oxygen atoms in total. The number of hydrogen-bond acceptors (Lipinski definition) is 4. The Kier molecular flexibility index (Phi) is 5.54. The highest BCUT2D eigenvalue weighted by molar-refractivity contribution is 7.53. The van der Waals surface area contributed by atoms with Gasteiger partial charge in [0.1, 0.15) is 11.5 Å². The molecule has 2 unspecified atom stereocenters. The molecule has 8 bridgehead atoms. The van der Waals surface area contributed by atoms with Gasteiger partial charge in [0, 0.05) is 76.3 Å². The zero-order valence-corrected chi connectivity index (χ0v) is 31.3. The van der Waals surface area contributed by atoms with Gasteiger partial charge in [-0.3, -0.25) is 0 Å². The van der Waals surface area contributed by atoms with E-state index in [9.17, 15) is 18.9 Å². The second-order valence-electron chi connectivity index (χ2n) is 17.1. The molecule has 8 heteroatoms. The molecule has 8 aliphatic carbocycles. The van der Waals surface area contributed by atoms with E-state index in [1.807, 2.05) is 0 Å². The lowest BCUT2D eigenvalue weighted by atomic mass is 9.74. The first-order valence-corrected chi connectivity index (χ1v) is 23.1. The summed E-state index contributed by atoms with van der Waals surface area (Å²) in [4.78, 5) is 22.2. The summed E-state index contributed by atoms with van der Waals surface area (Å²) in [6.07, 6.45) is 3.79. The third-order valence-electron chi connectivity index (χ3n) is 14.8. The Morgan fingerprint density at radius 3 is 1.08 bits per heavy atom. The molecular formula is C45H38O6P2. The predicted molar refractivity (Wildman–Crippen MR) is 203 cm³/mol. The van der Waals surface area contributed by atoms with Crippen LogP contribution in [0.5, 0.6) is 11.5 Å². The van der Waals surface area contributed by atoms with Crippen molar-refractivity contribution in [1.29, 1.82) is 0 Å². The van der Waals surface area contributed by atoms with Crippen molar-refractivity contribution in [2.45, 2.75) is 80.0 Å². The lowest BCUT2D eigenvalue weighted by Crippen LogP contribution is -2.16. The summed E-state index contributed by atoms with van der Waals surface area (Å²) in [7, 11) is -7.98. The fraction of sp³-hybridized carbons (Fsp3) is 0.333. The Morgan fingerprint density at radius 1 is 0.491 bits per heavy atom. The topological polar surface area (TPSA) is 93.1 Å². The highest BCUT2D eigenvalue weighted by Crippen LogP contribution is 2.73. The summed E-state index contributed by atoms with van der Waals surface area (Å²) in [6, 6.07) is 27.4. The molecule has 53 heavy (non-hydrogen) atoms. The predicted octanol–water partition coefficient (Wildman–Crippen LogP) is 10.4. The number of benzene rings is 5.